The van der Waals surface area contributed by atoms with Crippen LogP contribution in [0.15, 0.2) is 47.4 Å². The first kappa shape index (κ1) is 22.3. The summed E-state index contributed by atoms with van der Waals surface area (Å²) >= 11 is 0. The normalized spacial score (nSPS) is 11.3. The maximum atomic E-state index is 12.3. The average molecular weight is 421 g/mol. The summed E-state index contributed by atoms with van der Waals surface area (Å²) in [5.74, 6) is 0.0419. The SMILES string of the molecule is Cc1cc(S(=O)(=O)NCC(C)C)ccc1OCC(=O)Nc1cccc([N+](=O)[O-])c1. The van der Waals surface area contributed by atoms with Gasteiger partial charge in [-0.15, -0.1) is 0 Å². The van der Waals surface area contributed by atoms with E-state index in [2.05, 4.69) is 10.0 Å². The summed E-state index contributed by atoms with van der Waals surface area (Å²) in [5.41, 5.74) is 0.699. The smallest absolute Gasteiger partial charge is 0.271 e. The molecule has 2 N–H and O–H groups in total. The van der Waals surface area contributed by atoms with Gasteiger partial charge in [0.1, 0.15) is 5.75 Å². The lowest BCUT2D eigenvalue weighted by Crippen LogP contribution is -2.27. The number of rotatable bonds is 9. The van der Waals surface area contributed by atoms with Crippen LogP contribution in [0.5, 0.6) is 5.75 Å². The molecule has 2 rings (SSSR count). The first-order chi connectivity index (χ1) is 13.6. The van der Waals surface area contributed by atoms with Crippen LogP contribution in [0.2, 0.25) is 0 Å². The number of benzene rings is 2. The van der Waals surface area contributed by atoms with E-state index in [0.29, 0.717) is 17.9 Å². The van der Waals surface area contributed by atoms with Crippen LogP contribution in [0.3, 0.4) is 0 Å². The fraction of sp³-hybridized carbons (Fsp3) is 0.316. The highest BCUT2D eigenvalue weighted by Gasteiger charge is 2.16. The van der Waals surface area contributed by atoms with E-state index in [9.17, 15) is 23.3 Å². The predicted molar refractivity (Wildman–Crippen MR) is 108 cm³/mol. The molecule has 0 saturated carbocycles. The second-order valence-electron chi connectivity index (χ2n) is 6.82. The number of nitro groups is 1. The predicted octanol–water partition coefficient (Wildman–Crippen LogP) is 2.86. The van der Waals surface area contributed by atoms with Gasteiger partial charge in [0.25, 0.3) is 11.6 Å². The topological polar surface area (TPSA) is 128 Å². The van der Waals surface area contributed by atoms with Crippen LogP contribution >= 0.6 is 0 Å². The number of carbonyl (C=O) groups excluding carboxylic acids is 1. The van der Waals surface area contributed by atoms with E-state index in [1.54, 1.807) is 6.92 Å². The molecule has 9 nitrogen and oxygen atoms in total. The summed E-state index contributed by atoms with van der Waals surface area (Å²) in [6.07, 6.45) is 0. The van der Waals surface area contributed by atoms with Gasteiger partial charge >= 0.3 is 0 Å². The number of nitrogens with zero attached hydrogens (tertiary/aromatic N) is 1. The average Bonchev–Trinajstić information content (AvgIpc) is 2.65. The van der Waals surface area contributed by atoms with Crippen LogP contribution in [0.25, 0.3) is 0 Å². The molecule has 29 heavy (non-hydrogen) atoms. The van der Waals surface area contributed by atoms with Crippen molar-refractivity contribution in [2.45, 2.75) is 25.7 Å². The van der Waals surface area contributed by atoms with Crippen molar-refractivity contribution in [1.82, 2.24) is 4.72 Å². The highest BCUT2D eigenvalue weighted by Crippen LogP contribution is 2.22. The Balaban J connectivity index is 1.99. The molecule has 0 aromatic heterocycles. The van der Waals surface area contributed by atoms with E-state index < -0.39 is 20.9 Å². The van der Waals surface area contributed by atoms with Gasteiger partial charge in [-0.05, 0) is 42.7 Å². The fourth-order valence-corrected chi connectivity index (χ4v) is 3.65. The van der Waals surface area contributed by atoms with Gasteiger partial charge in [0, 0.05) is 24.4 Å². The van der Waals surface area contributed by atoms with E-state index in [1.807, 2.05) is 13.8 Å². The summed E-state index contributed by atoms with van der Waals surface area (Å²) in [5, 5.41) is 13.3. The molecule has 0 bridgehead atoms. The second kappa shape index (κ2) is 9.48. The summed E-state index contributed by atoms with van der Waals surface area (Å²) in [6, 6.07) is 9.92. The molecule has 0 aliphatic carbocycles. The molecular formula is C19H23N3O6S. The summed E-state index contributed by atoms with van der Waals surface area (Å²) in [4.78, 5) is 22.4. The monoisotopic (exact) mass is 421 g/mol. The molecule has 2 aromatic rings. The Bertz CT molecular complexity index is 1000. The Labute approximate surface area is 169 Å². The largest absolute Gasteiger partial charge is 0.483 e. The number of ether oxygens (including phenoxy) is 1. The van der Waals surface area contributed by atoms with Gasteiger partial charge in [-0.3, -0.25) is 14.9 Å². The lowest BCUT2D eigenvalue weighted by atomic mass is 10.2. The first-order valence-electron chi connectivity index (χ1n) is 8.86. The van der Waals surface area contributed by atoms with E-state index in [1.165, 1.54) is 42.5 Å². The molecule has 10 heteroatoms. The van der Waals surface area contributed by atoms with Crippen molar-refractivity contribution in [2.75, 3.05) is 18.5 Å². The number of non-ortho nitro benzene ring substituents is 1. The molecule has 156 valence electrons. The Hall–Kier alpha value is -2.98. The summed E-state index contributed by atoms with van der Waals surface area (Å²) in [6.45, 7) is 5.49. The number of nitrogens with one attached hydrogen (secondary N) is 2. The molecule has 0 atom stereocenters. The molecule has 0 saturated heterocycles. The maximum absolute atomic E-state index is 12.3. The molecule has 0 aliphatic rings. The van der Waals surface area contributed by atoms with Crippen molar-refractivity contribution in [1.29, 1.82) is 0 Å². The number of hydrogen-bond acceptors (Lipinski definition) is 6. The van der Waals surface area contributed by atoms with Crippen LogP contribution in [0, 0.1) is 23.0 Å². The minimum Gasteiger partial charge on any atom is -0.483 e. The molecule has 2 aromatic carbocycles. The van der Waals surface area contributed by atoms with Crippen molar-refractivity contribution in [2.24, 2.45) is 5.92 Å². The van der Waals surface area contributed by atoms with Gasteiger partial charge in [-0.25, -0.2) is 13.1 Å². The van der Waals surface area contributed by atoms with Crippen LogP contribution in [-0.2, 0) is 14.8 Å². The van der Waals surface area contributed by atoms with Gasteiger partial charge in [0.2, 0.25) is 10.0 Å². The van der Waals surface area contributed by atoms with Crippen LogP contribution in [-0.4, -0.2) is 32.4 Å². The van der Waals surface area contributed by atoms with Crippen molar-refractivity contribution in [3.8, 4) is 5.75 Å². The molecule has 0 unspecified atom stereocenters. The molecule has 0 heterocycles. The van der Waals surface area contributed by atoms with Gasteiger partial charge in [-0.1, -0.05) is 19.9 Å². The standard InChI is InChI=1S/C19H23N3O6S/c1-13(2)11-20-29(26,27)17-7-8-18(14(3)9-17)28-12-19(23)21-15-5-4-6-16(10-15)22(24)25/h4-10,13,20H,11-12H2,1-3H3,(H,21,23). The number of hydrogen-bond donors (Lipinski definition) is 2. The highest BCUT2D eigenvalue weighted by molar-refractivity contribution is 7.89. The third-order valence-corrected chi connectivity index (χ3v) is 5.26. The zero-order valence-electron chi connectivity index (χ0n) is 16.3. The third kappa shape index (κ3) is 6.54. The third-order valence-electron chi connectivity index (χ3n) is 3.84. The second-order valence-corrected chi connectivity index (χ2v) is 8.58. The Morgan fingerprint density at radius 3 is 2.55 bits per heavy atom. The molecule has 1 amide bonds. The van der Waals surface area contributed by atoms with Gasteiger partial charge in [0.05, 0.1) is 9.82 Å². The summed E-state index contributed by atoms with van der Waals surface area (Å²) < 4.78 is 32.5. The Morgan fingerprint density at radius 2 is 1.93 bits per heavy atom. The number of anilines is 1. The Kier molecular flexibility index (Phi) is 7.29. The van der Waals surface area contributed by atoms with E-state index in [0.717, 1.165) is 0 Å². The zero-order valence-corrected chi connectivity index (χ0v) is 17.2. The quantitative estimate of drug-likeness (QED) is 0.473. The molecule has 0 radical (unpaired) electrons. The number of carbonyl (C=O) groups is 1. The zero-order chi connectivity index (χ0) is 21.6. The van der Waals surface area contributed by atoms with Crippen molar-refractivity contribution in [3.63, 3.8) is 0 Å². The number of aryl methyl sites for hydroxylation is 1. The first-order valence-corrected chi connectivity index (χ1v) is 10.3. The van der Waals surface area contributed by atoms with Crippen molar-refractivity contribution < 1.29 is 22.9 Å². The van der Waals surface area contributed by atoms with E-state index in [4.69, 9.17) is 4.74 Å². The summed E-state index contributed by atoms with van der Waals surface area (Å²) in [7, 11) is -3.62. The van der Waals surface area contributed by atoms with Crippen LogP contribution in [0.4, 0.5) is 11.4 Å². The van der Waals surface area contributed by atoms with E-state index in [-0.39, 0.29) is 28.8 Å². The van der Waals surface area contributed by atoms with E-state index >= 15 is 0 Å². The van der Waals surface area contributed by atoms with Gasteiger partial charge in [0.15, 0.2) is 6.61 Å². The number of nitro benzene ring substituents is 1. The minimum absolute atomic E-state index is 0.115. The van der Waals surface area contributed by atoms with Crippen molar-refractivity contribution in [3.05, 3.63) is 58.1 Å². The fourth-order valence-electron chi connectivity index (χ4n) is 2.35. The van der Waals surface area contributed by atoms with Crippen LogP contribution in [0.1, 0.15) is 19.4 Å². The molecule has 0 aliphatic heterocycles. The molecule has 0 fully saturated rings. The lowest BCUT2D eigenvalue weighted by Gasteiger charge is -2.12. The maximum Gasteiger partial charge on any atom is 0.271 e. The number of amides is 1. The van der Waals surface area contributed by atoms with Crippen molar-refractivity contribution >= 4 is 27.3 Å². The highest BCUT2D eigenvalue weighted by atomic mass is 32.2. The molecule has 0 spiro atoms. The van der Waals surface area contributed by atoms with Crippen LogP contribution < -0.4 is 14.8 Å². The minimum atomic E-state index is -3.62. The number of sulfonamides is 1. The molecular weight excluding hydrogens is 398 g/mol. The lowest BCUT2D eigenvalue weighted by molar-refractivity contribution is -0.384. The Morgan fingerprint density at radius 1 is 1.21 bits per heavy atom. The van der Waals surface area contributed by atoms with Gasteiger partial charge in [-0.2, -0.15) is 0 Å². The van der Waals surface area contributed by atoms with Gasteiger partial charge < -0.3 is 10.1 Å².